The second-order valence-electron chi connectivity index (χ2n) is 6.66. The maximum atomic E-state index is 12.4. The molecule has 1 fully saturated rings. The molecular formula is C20H24ClN3O. The highest BCUT2D eigenvalue weighted by atomic mass is 35.5. The van der Waals surface area contributed by atoms with Gasteiger partial charge in [-0.1, -0.05) is 37.6 Å². The highest BCUT2D eigenvalue weighted by molar-refractivity contribution is 6.30. The Morgan fingerprint density at radius 1 is 0.960 bits per heavy atom. The van der Waals surface area contributed by atoms with Crippen LogP contribution >= 0.6 is 11.6 Å². The van der Waals surface area contributed by atoms with E-state index < -0.39 is 0 Å². The summed E-state index contributed by atoms with van der Waals surface area (Å²) in [5.74, 6) is 0.544. The van der Waals surface area contributed by atoms with Crippen LogP contribution in [0.4, 0.5) is 16.2 Å². The maximum Gasteiger partial charge on any atom is 0.321 e. The normalized spacial score (nSPS) is 14.7. The van der Waals surface area contributed by atoms with Crippen molar-refractivity contribution < 1.29 is 4.79 Å². The number of piperazine rings is 1. The number of benzene rings is 2. The molecule has 0 atom stereocenters. The van der Waals surface area contributed by atoms with Gasteiger partial charge in [0.05, 0.1) is 0 Å². The fraction of sp³-hybridized carbons (Fsp3) is 0.350. The molecule has 0 spiro atoms. The van der Waals surface area contributed by atoms with Gasteiger partial charge in [-0.2, -0.15) is 0 Å². The third kappa shape index (κ3) is 4.45. The van der Waals surface area contributed by atoms with E-state index in [0.717, 1.165) is 18.8 Å². The van der Waals surface area contributed by atoms with E-state index in [1.165, 1.54) is 11.3 Å². The molecule has 0 unspecified atom stereocenters. The number of anilines is 2. The molecule has 0 radical (unpaired) electrons. The quantitative estimate of drug-likeness (QED) is 0.854. The molecule has 1 heterocycles. The van der Waals surface area contributed by atoms with Gasteiger partial charge in [0.2, 0.25) is 0 Å². The summed E-state index contributed by atoms with van der Waals surface area (Å²) in [7, 11) is 0. The molecule has 0 saturated carbocycles. The Kier molecular flexibility index (Phi) is 5.49. The smallest absolute Gasteiger partial charge is 0.321 e. The summed E-state index contributed by atoms with van der Waals surface area (Å²) < 4.78 is 0. The molecule has 132 valence electrons. The van der Waals surface area contributed by atoms with Gasteiger partial charge in [0.15, 0.2) is 0 Å². The summed E-state index contributed by atoms with van der Waals surface area (Å²) in [5, 5.41) is 3.59. The van der Waals surface area contributed by atoms with E-state index in [9.17, 15) is 4.79 Å². The standard InChI is InChI=1S/C20H24ClN3O/c1-15(2)16-3-9-19(10-4-16)23-11-13-24(14-12-23)20(25)22-18-7-5-17(21)6-8-18/h3-10,15H,11-14H2,1-2H3,(H,22,25). The minimum atomic E-state index is -0.0582. The van der Waals surface area contributed by atoms with E-state index in [-0.39, 0.29) is 6.03 Å². The van der Waals surface area contributed by atoms with Crippen LogP contribution in [0.3, 0.4) is 0 Å². The van der Waals surface area contributed by atoms with Crippen molar-refractivity contribution in [1.29, 1.82) is 0 Å². The molecule has 1 aliphatic heterocycles. The summed E-state index contributed by atoms with van der Waals surface area (Å²) in [4.78, 5) is 16.6. The van der Waals surface area contributed by atoms with E-state index >= 15 is 0 Å². The minimum Gasteiger partial charge on any atom is -0.368 e. The number of hydrogen-bond donors (Lipinski definition) is 1. The molecule has 1 saturated heterocycles. The summed E-state index contributed by atoms with van der Waals surface area (Å²) in [5.41, 5.74) is 3.34. The van der Waals surface area contributed by atoms with Crippen molar-refractivity contribution in [3.8, 4) is 0 Å². The van der Waals surface area contributed by atoms with Crippen molar-refractivity contribution in [2.75, 3.05) is 36.4 Å². The van der Waals surface area contributed by atoms with Crippen molar-refractivity contribution in [3.63, 3.8) is 0 Å². The number of hydrogen-bond acceptors (Lipinski definition) is 2. The second kappa shape index (κ2) is 7.79. The van der Waals surface area contributed by atoms with Crippen LogP contribution in [-0.2, 0) is 0 Å². The maximum absolute atomic E-state index is 12.4. The van der Waals surface area contributed by atoms with Gasteiger partial charge in [0.1, 0.15) is 0 Å². The van der Waals surface area contributed by atoms with Crippen molar-refractivity contribution in [1.82, 2.24) is 4.90 Å². The Balaban J connectivity index is 1.54. The summed E-state index contributed by atoms with van der Waals surface area (Å²) in [6.07, 6.45) is 0. The molecule has 0 bridgehead atoms. The molecule has 2 amide bonds. The van der Waals surface area contributed by atoms with Crippen molar-refractivity contribution >= 4 is 29.0 Å². The van der Waals surface area contributed by atoms with Gasteiger partial charge in [-0.05, 0) is 47.9 Å². The fourth-order valence-electron chi connectivity index (χ4n) is 2.97. The zero-order valence-electron chi connectivity index (χ0n) is 14.7. The second-order valence-corrected chi connectivity index (χ2v) is 7.09. The largest absolute Gasteiger partial charge is 0.368 e. The van der Waals surface area contributed by atoms with E-state index in [1.54, 1.807) is 12.1 Å². The van der Waals surface area contributed by atoms with Crippen LogP contribution in [0.5, 0.6) is 0 Å². The average molecular weight is 358 g/mol. The van der Waals surface area contributed by atoms with E-state index in [0.29, 0.717) is 24.0 Å². The summed E-state index contributed by atoms with van der Waals surface area (Å²) in [6, 6.07) is 15.9. The highest BCUT2D eigenvalue weighted by Gasteiger charge is 2.21. The predicted octanol–water partition coefficient (Wildman–Crippen LogP) is 4.82. The van der Waals surface area contributed by atoms with Crippen molar-refractivity contribution in [3.05, 3.63) is 59.1 Å². The van der Waals surface area contributed by atoms with Crippen LogP contribution in [-0.4, -0.2) is 37.1 Å². The molecule has 25 heavy (non-hydrogen) atoms. The molecule has 2 aromatic carbocycles. The first kappa shape index (κ1) is 17.6. The van der Waals surface area contributed by atoms with Gasteiger partial charge in [-0.25, -0.2) is 4.79 Å². The number of carbonyl (C=O) groups excluding carboxylic acids is 1. The Morgan fingerprint density at radius 3 is 2.12 bits per heavy atom. The molecule has 3 rings (SSSR count). The SMILES string of the molecule is CC(C)c1ccc(N2CCN(C(=O)Nc3ccc(Cl)cc3)CC2)cc1. The zero-order chi connectivity index (χ0) is 17.8. The van der Waals surface area contributed by atoms with Gasteiger partial charge < -0.3 is 15.1 Å². The minimum absolute atomic E-state index is 0.0582. The lowest BCUT2D eigenvalue weighted by molar-refractivity contribution is 0.208. The first-order valence-electron chi connectivity index (χ1n) is 8.69. The number of nitrogens with zero attached hydrogens (tertiary/aromatic N) is 2. The highest BCUT2D eigenvalue weighted by Crippen LogP contribution is 2.21. The lowest BCUT2D eigenvalue weighted by Crippen LogP contribution is -2.50. The molecule has 0 aliphatic carbocycles. The van der Waals surface area contributed by atoms with Crippen LogP contribution in [0.15, 0.2) is 48.5 Å². The van der Waals surface area contributed by atoms with Crippen LogP contribution in [0, 0.1) is 0 Å². The molecule has 2 aromatic rings. The molecule has 1 N–H and O–H groups in total. The van der Waals surface area contributed by atoms with Crippen LogP contribution < -0.4 is 10.2 Å². The summed E-state index contributed by atoms with van der Waals surface area (Å²) >= 11 is 5.87. The van der Waals surface area contributed by atoms with Crippen LogP contribution in [0.1, 0.15) is 25.3 Å². The average Bonchev–Trinajstić information content (AvgIpc) is 2.64. The fourth-order valence-corrected chi connectivity index (χ4v) is 3.10. The number of rotatable bonds is 3. The van der Waals surface area contributed by atoms with Gasteiger partial charge in [0.25, 0.3) is 0 Å². The molecule has 5 heteroatoms. The zero-order valence-corrected chi connectivity index (χ0v) is 15.5. The summed E-state index contributed by atoms with van der Waals surface area (Å²) in [6.45, 7) is 7.51. The van der Waals surface area contributed by atoms with Gasteiger partial charge >= 0.3 is 6.03 Å². The monoisotopic (exact) mass is 357 g/mol. The molecule has 0 aromatic heterocycles. The number of halogens is 1. The number of nitrogens with one attached hydrogen (secondary N) is 1. The van der Waals surface area contributed by atoms with E-state index in [4.69, 9.17) is 11.6 Å². The molecule has 1 aliphatic rings. The Labute approximate surface area is 154 Å². The first-order chi connectivity index (χ1) is 12.0. The van der Waals surface area contributed by atoms with E-state index in [1.807, 2.05) is 17.0 Å². The number of urea groups is 1. The van der Waals surface area contributed by atoms with E-state index in [2.05, 4.69) is 48.3 Å². The number of carbonyl (C=O) groups is 1. The molecular weight excluding hydrogens is 334 g/mol. The van der Waals surface area contributed by atoms with Crippen LogP contribution in [0.25, 0.3) is 0 Å². The first-order valence-corrected chi connectivity index (χ1v) is 9.07. The predicted molar refractivity (Wildman–Crippen MR) is 105 cm³/mol. The Bertz CT molecular complexity index is 705. The topological polar surface area (TPSA) is 35.6 Å². The van der Waals surface area contributed by atoms with Crippen LogP contribution in [0.2, 0.25) is 5.02 Å². The Morgan fingerprint density at radius 2 is 1.56 bits per heavy atom. The van der Waals surface area contributed by atoms with Gasteiger partial charge in [-0.15, -0.1) is 0 Å². The Hall–Kier alpha value is -2.20. The van der Waals surface area contributed by atoms with Crippen molar-refractivity contribution in [2.45, 2.75) is 19.8 Å². The number of amides is 2. The van der Waals surface area contributed by atoms with Gasteiger partial charge in [-0.3, -0.25) is 0 Å². The third-order valence-corrected chi connectivity index (χ3v) is 4.84. The lowest BCUT2D eigenvalue weighted by Gasteiger charge is -2.36. The third-order valence-electron chi connectivity index (χ3n) is 4.59. The lowest BCUT2D eigenvalue weighted by atomic mass is 10.0. The van der Waals surface area contributed by atoms with Crippen molar-refractivity contribution in [2.24, 2.45) is 0 Å². The van der Waals surface area contributed by atoms with Gasteiger partial charge in [0, 0.05) is 42.6 Å². The molecule has 4 nitrogen and oxygen atoms in total.